The van der Waals surface area contributed by atoms with Crippen LogP contribution in [-0.2, 0) is 0 Å². The summed E-state index contributed by atoms with van der Waals surface area (Å²) >= 11 is 3.47. The van der Waals surface area contributed by atoms with Crippen molar-refractivity contribution < 1.29 is 8.91 Å². The Morgan fingerprint density at radius 2 is 1.81 bits per heavy atom. The van der Waals surface area contributed by atoms with Crippen molar-refractivity contribution in [2.75, 3.05) is 5.73 Å². The summed E-state index contributed by atoms with van der Waals surface area (Å²) in [5.41, 5.74) is 8.22. The van der Waals surface area contributed by atoms with Crippen LogP contribution in [0.15, 0.2) is 51.5 Å². The summed E-state index contributed by atoms with van der Waals surface area (Å²) < 4.78 is 20.5. The predicted octanol–water partition coefficient (Wildman–Crippen LogP) is 4.80. The Balaban J connectivity index is 2.28. The smallest absolute Gasteiger partial charge is 0.179 e. The zero-order valence-electron chi connectivity index (χ0n) is 11.2. The first-order valence-electron chi connectivity index (χ1n) is 6.35. The Bertz CT molecular complexity index is 814. The van der Waals surface area contributed by atoms with E-state index in [1.165, 1.54) is 0 Å². The molecule has 5 heteroatoms. The molecular formula is C16H12BrFN2O. The van der Waals surface area contributed by atoms with Crippen molar-refractivity contribution in [1.29, 1.82) is 0 Å². The van der Waals surface area contributed by atoms with Gasteiger partial charge in [-0.25, -0.2) is 4.39 Å². The van der Waals surface area contributed by atoms with Crippen molar-refractivity contribution in [1.82, 2.24) is 5.16 Å². The van der Waals surface area contributed by atoms with Crippen molar-refractivity contribution in [3.63, 3.8) is 0 Å². The van der Waals surface area contributed by atoms with E-state index < -0.39 is 0 Å². The summed E-state index contributed by atoms with van der Waals surface area (Å²) in [6.07, 6.45) is 0. The number of hydrogen-bond donors (Lipinski definition) is 1. The zero-order valence-corrected chi connectivity index (χ0v) is 12.8. The van der Waals surface area contributed by atoms with Crippen LogP contribution < -0.4 is 5.73 Å². The molecule has 0 unspecified atom stereocenters. The number of nitrogen functional groups attached to an aromatic ring is 1. The highest BCUT2D eigenvalue weighted by molar-refractivity contribution is 9.10. The number of rotatable bonds is 2. The lowest BCUT2D eigenvalue weighted by Crippen LogP contribution is -1.92. The molecule has 1 aromatic heterocycles. The number of anilines is 1. The van der Waals surface area contributed by atoms with Crippen LogP contribution >= 0.6 is 15.9 Å². The standard InChI is InChI=1S/C16H12BrFN2O/c1-9-5-4-7-11(14(9)18)15-13(16(19)20-21-15)10-6-2-3-8-12(10)17/h2-8H,1H3,(H2,19,20). The molecule has 0 saturated carbocycles. The first-order chi connectivity index (χ1) is 10.1. The number of benzene rings is 2. The van der Waals surface area contributed by atoms with Crippen molar-refractivity contribution in [2.45, 2.75) is 6.92 Å². The molecule has 0 atom stereocenters. The Morgan fingerprint density at radius 1 is 1.10 bits per heavy atom. The highest BCUT2D eigenvalue weighted by Gasteiger charge is 2.22. The zero-order chi connectivity index (χ0) is 15.0. The number of nitrogens with two attached hydrogens (primary N) is 1. The van der Waals surface area contributed by atoms with Gasteiger partial charge < -0.3 is 10.3 Å². The fourth-order valence-corrected chi connectivity index (χ4v) is 2.72. The fraction of sp³-hybridized carbons (Fsp3) is 0.0625. The van der Waals surface area contributed by atoms with Crippen LogP contribution in [0.2, 0.25) is 0 Å². The molecule has 0 amide bonds. The van der Waals surface area contributed by atoms with Gasteiger partial charge in [-0.2, -0.15) is 0 Å². The lowest BCUT2D eigenvalue weighted by atomic mass is 10.00. The molecule has 21 heavy (non-hydrogen) atoms. The van der Waals surface area contributed by atoms with Gasteiger partial charge in [-0.1, -0.05) is 51.4 Å². The lowest BCUT2D eigenvalue weighted by Gasteiger charge is -2.07. The van der Waals surface area contributed by atoms with Crippen molar-refractivity contribution >= 4 is 21.7 Å². The minimum atomic E-state index is -0.332. The molecule has 0 aliphatic heterocycles. The third-order valence-electron chi connectivity index (χ3n) is 3.30. The molecule has 0 bridgehead atoms. The normalized spacial score (nSPS) is 10.8. The Kier molecular flexibility index (Phi) is 3.51. The van der Waals surface area contributed by atoms with Gasteiger partial charge in [0.15, 0.2) is 11.6 Å². The van der Waals surface area contributed by atoms with Crippen LogP contribution in [0.1, 0.15) is 5.56 Å². The average Bonchev–Trinajstić information content (AvgIpc) is 2.84. The molecule has 3 aromatic rings. The summed E-state index contributed by atoms with van der Waals surface area (Å²) in [6, 6.07) is 12.7. The third kappa shape index (κ3) is 2.34. The van der Waals surface area contributed by atoms with Crippen LogP contribution in [0, 0.1) is 12.7 Å². The molecule has 106 valence electrons. The molecule has 0 saturated heterocycles. The van der Waals surface area contributed by atoms with Gasteiger partial charge in [-0.05, 0) is 24.6 Å². The minimum absolute atomic E-state index is 0.234. The van der Waals surface area contributed by atoms with Gasteiger partial charge >= 0.3 is 0 Å². The first-order valence-corrected chi connectivity index (χ1v) is 7.14. The van der Waals surface area contributed by atoms with Crippen molar-refractivity contribution in [3.8, 4) is 22.5 Å². The molecule has 3 rings (SSSR count). The number of aryl methyl sites for hydroxylation is 1. The molecule has 0 fully saturated rings. The number of halogens is 2. The molecule has 0 aliphatic carbocycles. The molecular weight excluding hydrogens is 335 g/mol. The van der Waals surface area contributed by atoms with Crippen LogP contribution in [0.3, 0.4) is 0 Å². The van der Waals surface area contributed by atoms with Gasteiger partial charge in [0.25, 0.3) is 0 Å². The van der Waals surface area contributed by atoms with Gasteiger partial charge in [0.05, 0.1) is 11.1 Å². The third-order valence-corrected chi connectivity index (χ3v) is 3.99. The van der Waals surface area contributed by atoms with Gasteiger partial charge in [-0.3, -0.25) is 0 Å². The maximum atomic E-state index is 14.4. The lowest BCUT2D eigenvalue weighted by molar-refractivity contribution is 0.433. The predicted molar refractivity (Wildman–Crippen MR) is 84.2 cm³/mol. The molecule has 0 spiro atoms. The quantitative estimate of drug-likeness (QED) is 0.724. The van der Waals surface area contributed by atoms with E-state index in [2.05, 4.69) is 21.1 Å². The van der Waals surface area contributed by atoms with E-state index >= 15 is 0 Å². The Morgan fingerprint density at radius 3 is 2.57 bits per heavy atom. The van der Waals surface area contributed by atoms with Crippen LogP contribution in [0.5, 0.6) is 0 Å². The Labute approximate surface area is 129 Å². The topological polar surface area (TPSA) is 52.0 Å². The highest BCUT2D eigenvalue weighted by Crippen LogP contribution is 2.40. The largest absolute Gasteiger partial charge is 0.380 e. The Hall–Kier alpha value is -2.14. The minimum Gasteiger partial charge on any atom is -0.380 e. The van der Waals surface area contributed by atoms with E-state index in [0.717, 1.165) is 10.0 Å². The molecule has 0 aliphatic rings. The maximum absolute atomic E-state index is 14.4. The summed E-state index contributed by atoms with van der Waals surface area (Å²) in [5.74, 6) is 0.236. The van der Waals surface area contributed by atoms with Gasteiger partial charge in [0.2, 0.25) is 0 Å². The fourth-order valence-electron chi connectivity index (χ4n) is 2.23. The summed E-state index contributed by atoms with van der Waals surface area (Å²) in [5, 5.41) is 3.80. The van der Waals surface area contributed by atoms with E-state index in [4.69, 9.17) is 10.3 Å². The van der Waals surface area contributed by atoms with Crippen molar-refractivity contribution in [3.05, 3.63) is 58.3 Å². The number of hydrogen-bond acceptors (Lipinski definition) is 3. The monoisotopic (exact) mass is 346 g/mol. The second-order valence-electron chi connectivity index (χ2n) is 4.69. The summed E-state index contributed by atoms with van der Waals surface area (Å²) in [4.78, 5) is 0. The van der Waals surface area contributed by atoms with Crippen LogP contribution in [0.4, 0.5) is 10.2 Å². The molecule has 1 heterocycles. The second kappa shape index (κ2) is 5.33. The van der Waals surface area contributed by atoms with E-state index in [0.29, 0.717) is 22.5 Å². The first kappa shape index (κ1) is 13.8. The maximum Gasteiger partial charge on any atom is 0.179 e. The van der Waals surface area contributed by atoms with E-state index in [1.54, 1.807) is 25.1 Å². The van der Waals surface area contributed by atoms with Crippen LogP contribution in [-0.4, -0.2) is 5.16 Å². The molecule has 0 radical (unpaired) electrons. The molecule has 2 aromatic carbocycles. The summed E-state index contributed by atoms with van der Waals surface area (Å²) in [7, 11) is 0. The van der Waals surface area contributed by atoms with E-state index in [1.807, 2.05) is 24.3 Å². The molecule has 3 nitrogen and oxygen atoms in total. The SMILES string of the molecule is Cc1cccc(-c2onc(N)c2-c2ccccc2Br)c1F. The number of nitrogens with zero attached hydrogens (tertiary/aromatic N) is 1. The number of aromatic nitrogens is 1. The van der Waals surface area contributed by atoms with Crippen LogP contribution in [0.25, 0.3) is 22.5 Å². The second-order valence-corrected chi connectivity index (χ2v) is 5.54. The van der Waals surface area contributed by atoms with Gasteiger partial charge in [-0.15, -0.1) is 0 Å². The summed E-state index contributed by atoms with van der Waals surface area (Å²) in [6.45, 7) is 1.71. The van der Waals surface area contributed by atoms with Crippen molar-refractivity contribution in [2.24, 2.45) is 0 Å². The average molecular weight is 347 g/mol. The van der Waals surface area contributed by atoms with E-state index in [-0.39, 0.29) is 11.6 Å². The molecule has 2 N–H and O–H groups in total. The van der Waals surface area contributed by atoms with Gasteiger partial charge in [0, 0.05) is 10.0 Å². The van der Waals surface area contributed by atoms with Gasteiger partial charge in [0.1, 0.15) is 5.82 Å². The van der Waals surface area contributed by atoms with E-state index in [9.17, 15) is 4.39 Å². The highest BCUT2D eigenvalue weighted by atomic mass is 79.9.